The summed E-state index contributed by atoms with van der Waals surface area (Å²) in [6.07, 6.45) is 0.730. The van der Waals surface area contributed by atoms with Gasteiger partial charge in [-0.2, -0.15) is 18.4 Å². The molecule has 0 spiro atoms. The maximum Gasteiger partial charge on any atom is 0.416 e. The summed E-state index contributed by atoms with van der Waals surface area (Å²) in [7, 11) is 1.43. The Morgan fingerprint density at radius 1 is 1.16 bits per heavy atom. The summed E-state index contributed by atoms with van der Waals surface area (Å²) in [6, 6.07) is 10.3. The predicted molar refractivity (Wildman–Crippen MR) is 87.3 cm³/mol. The molecule has 0 saturated carbocycles. The number of nitrogens with zero attached hydrogens (tertiary/aromatic N) is 1. The average Bonchev–Trinajstić information content (AvgIpc) is 2.58. The van der Waals surface area contributed by atoms with Gasteiger partial charge in [0.15, 0.2) is 0 Å². The van der Waals surface area contributed by atoms with Gasteiger partial charge < -0.3 is 5.32 Å². The number of nitriles is 1. The zero-order valence-electron chi connectivity index (χ0n) is 13.1. The van der Waals surface area contributed by atoms with E-state index in [1.54, 1.807) is 6.07 Å². The van der Waals surface area contributed by atoms with Crippen molar-refractivity contribution >= 4 is 5.57 Å². The molecule has 1 N–H and O–H groups in total. The summed E-state index contributed by atoms with van der Waals surface area (Å²) in [5, 5.41) is 11.7. The average molecular weight is 344 g/mol. The van der Waals surface area contributed by atoms with Crippen molar-refractivity contribution in [1.29, 1.82) is 5.26 Å². The fraction of sp³-hybridized carbons (Fsp3) is 0.105. The zero-order valence-corrected chi connectivity index (χ0v) is 13.1. The van der Waals surface area contributed by atoms with Crippen LogP contribution in [0.4, 0.5) is 17.6 Å². The van der Waals surface area contributed by atoms with E-state index >= 15 is 0 Å². The summed E-state index contributed by atoms with van der Waals surface area (Å²) in [4.78, 5) is 0. The lowest BCUT2D eigenvalue weighted by Crippen LogP contribution is -2.09. The van der Waals surface area contributed by atoms with Gasteiger partial charge in [0.1, 0.15) is 17.6 Å². The Morgan fingerprint density at radius 2 is 1.84 bits per heavy atom. The van der Waals surface area contributed by atoms with Crippen molar-refractivity contribution in [1.82, 2.24) is 5.32 Å². The van der Waals surface area contributed by atoms with Crippen LogP contribution in [-0.4, -0.2) is 7.05 Å². The highest BCUT2D eigenvalue weighted by Crippen LogP contribution is 2.36. The van der Waals surface area contributed by atoms with E-state index in [1.807, 2.05) is 0 Å². The summed E-state index contributed by atoms with van der Waals surface area (Å²) in [6.45, 7) is 0. The Balaban J connectivity index is 2.82. The minimum absolute atomic E-state index is 0.00137. The Hall–Kier alpha value is -3.25. The van der Waals surface area contributed by atoms with Crippen LogP contribution in [0, 0.1) is 29.5 Å². The lowest BCUT2D eigenvalue weighted by Gasteiger charge is -2.14. The highest BCUT2D eigenvalue weighted by Gasteiger charge is 2.32. The molecular formula is C19H12F4N2. The number of nitrogens with one attached hydrogen (secondary N) is 1. The van der Waals surface area contributed by atoms with E-state index in [0.717, 1.165) is 18.2 Å². The zero-order chi connectivity index (χ0) is 18.6. The van der Waals surface area contributed by atoms with E-state index in [9.17, 15) is 17.6 Å². The van der Waals surface area contributed by atoms with Gasteiger partial charge in [0.05, 0.1) is 11.1 Å². The van der Waals surface area contributed by atoms with E-state index < -0.39 is 17.6 Å². The molecule has 2 rings (SSSR count). The minimum Gasteiger partial charge on any atom is -0.379 e. The Labute approximate surface area is 142 Å². The van der Waals surface area contributed by atoms with Crippen molar-refractivity contribution in [2.75, 3.05) is 7.05 Å². The van der Waals surface area contributed by atoms with Gasteiger partial charge >= 0.3 is 6.18 Å². The molecule has 0 heterocycles. The van der Waals surface area contributed by atoms with E-state index in [1.165, 1.54) is 31.3 Å². The topological polar surface area (TPSA) is 35.8 Å². The standard InChI is InChI=1S/C19H12F4N2/c1-3-15(18(11-24)25-2)12-8-13(10-14(9-12)19(21,22)23)16-6-4-5-7-17(16)20/h1,4-10,25H,2H3/b18-15+. The van der Waals surface area contributed by atoms with Crippen molar-refractivity contribution in [2.24, 2.45) is 0 Å². The smallest absolute Gasteiger partial charge is 0.379 e. The number of hydrogen-bond donors (Lipinski definition) is 1. The molecule has 0 saturated heterocycles. The third-order valence-electron chi connectivity index (χ3n) is 3.49. The molecule has 0 radical (unpaired) electrons. The molecule has 2 nitrogen and oxygen atoms in total. The van der Waals surface area contributed by atoms with Crippen LogP contribution in [0.25, 0.3) is 16.7 Å². The van der Waals surface area contributed by atoms with Gasteiger partial charge in [-0.1, -0.05) is 24.1 Å². The minimum atomic E-state index is -4.65. The van der Waals surface area contributed by atoms with Gasteiger partial charge in [0.2, 0.25) is 0 Å². The Bertz CT molecular complexity index is 912. The number of halogens is 4. The van der Waals surface area contributed by atoms with Crippen molar-refractivity contribution in [3.63, 3.8) is 0 Å². The van der Waals surface area contributed by atoms with Crippen LogP contribution in [0.2, 0.25) is 0 Å². The van der Waals surface area contributed by atoms with Crippen LogP contribution >= 0.6 is 0 Å². The molecule has 0 aromatic heterocycles. The van der Waals surface area contributed by atoms with Crippen molar-refractivity contribution in [3.8, 4) is 29.5 Å². The molecule has 0 aliphatic carbocycles. The number of hydrogen-bond acceptors (Lipinski definition) is 2. The summed E-state index contributed by atoms with van der Waals surface area (Å²) >= 11 is 0. The Kier molecular flexibility index (Phi) is 5.14. The van der Waals surface area contributed by atoms with Crippen LogP contribution < -0.4 is 5.32 Å². The lowest BCUT2D eigenvalue weighted by atomic mass is 9.95. The van der Waals surface area contributed by atoms with Gasteiger partial charge in [-0.3, -0.25) is 0 Å². The second kappa shape index (κ2) is 7.11. The monoisotopic (exact) mass is 344 g/mol. The maximum absolute atomic E-state index is 14.0. The molecule has 0 aliphatic rings. The number of allylic oxidation sites excluding steroid dienone is 2. The molecule has 0 unspecified atom stereocenters. The molecule has 2 aromatic carbocycles. The molecule has 0 aliphatic heterocycles. The fourth-order valence-corrected chi connectivity index (χ4v) is 2.32. The normalized spacial score (nSPS) is 12.0. The van der Waals surface area contributed by atoms with E-state index in [2.05, 4.69) is 11.2 Å². The summed E-state index contributed by atoms with van der Waals surface area (Å²) in [5.41, 5.74) is -1.04. The molecule has 6 heteroatoms. The molecule has 0 fully saturated rings. The van der Waals surface area contributed by atoms with Crippen LogP contribution in [0.15, 0.2) is 48.2 Å². The number of rotatable bonds is 3. The van der Waals surface area contributed by atoms with E-state index in [4.69, 9.17) is 11.7 Å². The third-order valence-corrected chi connectivity index (χ3v) is 3.49. The molecular weight excluding hydrogens is 332 g/mol. The van der Waals surface area contributed by atoms with Gasteiger partial charge in [0, 0.05) is 12.6 Å². The van der Waals surface area contributed by atoms with Crippen LogP contribution in [-0.2, 0) is 6.18 Å². The van der Waals surface area contributed by atoms with Crippen molar-refractivity contribution in [2.45, 2.75) is 6.18 Å². The molecule has 25 heavy (non-hydrogen) atoms. The fourth-order valence-electron chi connectivity index (χ4n) is 2.32. The van der Waals surface area contributed by atoms with Gasteiger partial charge in [0.25, 0.3) is 0 Å². The molecule has 2 aromatic rings. The molecule has 0 amide bonds. The number of terminal acetylenes is 1. The number of alkyl halides is 3. The maximum atomic E-state index is 14.0. The highest BCUT2D eigenvalue weighted by molar-refractivity contribution is 5.85. The molecule has 0 atom stereocenters. The van der Waals surface area contributed by atoms with Gasteiger partial charge in [-0.05, 0) is 35.4 Å². The first kappa shape index (κ1) is 18.1. The van der Waals surface area contributed by atoms with Crippen LogP contribution in [0.5, 0.6) is 0 Å². The van der Waals surface area contributed by atoms with Crippen LogP contribution in [0.1, 0.15) is 11.1 Å². The Morgan fingerprint density at radius 3 is 2.36 bits per heavy atom. The van der Waals surface area contributed by atoms with Gasteiger partial charge in [-0.15, -0.1) is 6.42 Å². The first-order valence-electron chi connectivity index (χ1n) is 7.08. The number of benzene rings is 2. The molecule has 126 valence electrons. The van der Waals surface area contributed by atoms with Crippen LogP contribution in [0.3, 0.4) is 0 Å². The van der Waals surface area contributed by atoms with Crippen molar-refractivity contribution in [3.05, 3.63) is 65.1 Å². The highest BCUT2D eigenvalue weighted by atomic mass is 19.4. The SMILES string of the molecule is C#C/C(=C(/C#N)NC)c1cc(-c2ccccc2F)cc(C(F)(F)F)c1. The van der Waals surface area contributed by atoms with Gasteiger partial charge in [-0.25, -0.2) is 4.39 Å². The first-order valence-corrected chi connectivity index (χ1v) is 7.08. The third kappa shape index (κ3) is 3.81. The first-order chi connectivity index (χ1) is 11.8. The summed E-state index contributed by atoms with van der Waals surface area (Å²) in [5.74, 6) is 1.57. The lowest BCUT2D eigenvalue weighted by molar-refractivity contribution is -0.137. The van der Waals surface area contributed by atoms with E-state index in [-0.39, 0.29) is 28.0 Å². The second-order valence-corrected chi connectivity index (χ2v) is 5.03. The predicted octanol–water partition coefficient (Wildman–Crippen LogP) is 4.60. The van der Waals surface area contributed by atoms with Crippen molar-refractivity contribution < 1.29 is 17.6 Å². The molecule has 0 bridgehead atoms. The second-order valence-electron chi connectivity index (χ2n) is 5.03. The largest absolute Gasteiger partial charge is 0.416 e. The van der Waals surface area contributed by atoms with E-state index in [0.29, 0.717) is 0 Å². The quantitative estimate of drug-likeness (QED) is 0.502. The summed E-state index contributed by atoms with van der Waals surface area (Å²) < 4.78 is 53.8.